The van der Waals surface area contributed by atoms with Gasteiger partial charge < -0.3 is 9.15 Å². The lowest BCUT2D eigenvalue weighted by Gasteiger charge is -2.18. The van der Waals surface area contributed by atoms with Crippen LogP contribution in [0.4, 0.5) is 0 Å². The van der Waals surface area contributed by atoms with Gasteiger partial charge in [0, 0.05) is 37.6 Å². The lowest BCUT2D eigenvalue weighted by molar-refractivity contribution is 0.134. The van der Waals surface area contributed by atoms with E-state index in [2.05, 4.69) is 25.1 Å². The molecule has 23 heavy (non-hydrogen) atoms. The average molecular weight is 331 g/mol. The molecule has 3 heterocycles. The van der Waals surface area contributed by atoms with Gasteiger partial charge in [0.2, 0.25) is 11.8 Å². The molecule has 0 unspecified atom stereocenters. The molecule has 0 aliphatic heterocycles. The Morgan fingerprint density at radius 3 is 2.96 bits per heavy atom. The molecule has 0 saturated heterocycles. The molecule has 0 aromatic carbocycles. The maximum Gasteiger partial charge on any atom is 0.249 e. The number of hydrogen-bond acceptors (Lipinski definition) is 8. The fourth-order valence-electron chi connectivity index (χ4n) is 2.07. The Kier molecular flexibility index (Phi) is 5.41. The summed E-state index contributed by atoms with van der Waals surface area (Å²) in [6, 6.07) is 3.73. The number of hydrogen-bond donors (Lipinski definition) is 0. The number of rotatable bonds is 8. The standard InChI is InChI=1S/C15H17N5O2S/c1-21-7-6-20(11-14-17-5-8-23-14)10-13-18-19-15(22-13)12-3-2-4-16-9-12/h2-5,8-9H,6-7,10-11H2,1H3. The van der Waals surface area contributed by atoms with Crippen LogP contribution in [0.25, 0.3) is 11.5 Å². The van der Waals surface area contributed by atoms with Gasteiger partial charge in [0.15, 0.2) is 0 Å². The Morgan fingerprint density at radius 1 is 1.26 bits per heavy atom. The Balaban J connectivity index is 1.68. The minimum Gasteiger partial charge on any atom is -0.419 e. The first kappa shape index (κ1) is 15.7. The van der Waals surface area contributed by atoms with Crippen molar-refractivity contribution in [2.24, 2.45) is 0 Å². The van der Waals surface area contributed by atoms with Crippen molar-refractivity contribution in [1.29, 1.82) is 0 Å². The van der Waals surface area contributed by atoms with Crippen molar-refractivity contribution in [2.45, 2.75) is 13.1 Å². The molecule has 0 bridgehead atoms. The zero-order chi connectivity index (χ0) is 15.9. The lowest BCUT2D eigenvalue weighted by Crippen LogP contribution is -2.26. The van der Waals surface area contributed by atoms with Crippen molar-refractivity contribution in [3.8, 4) is 11.5 Å². The van der Waals surface area contributed by atoms with Gasteiger partial charge in [-0.25, -0.2) is 4.98 Å². The molecule has 0 spiro atoms. The number of pyridine rings is 1. The van der Waals surface area contributed by atoms with Crippen LogP contribution < -0.4 is 0 Å². The van der Waals surface area contributed by atoms with Crippen molar-refractivity contribution >= 4 is 11.3 Å². The highest BCUT2D eigenvalue weighted by molar-refractivity contribution is 7.09. The van der Waals surface area contributed by atoms with Gasteiger partial charge in [-0.1, -0.05) is 0 Å². The lowest BCUT2D eigenvalue weighted by atomic mass is 10.3. The molecular formula is C15H17N5O2S. The Labute approximate surface area is 138 Å². The smallest absolute Gasteiger partial charge is 0.249 e. The normalized spacial score (nSPS) is 11.2. The third-order valence-electron chi connectivity index (χ3n) is 3.19. The van der Waals surface area contributed by atoms with Crippen LogP contribution in [-0.4, -0.2) is 45.3 Å². The minimum atomic E-state index is 0.481. The highest BCUT2D eigenvalue weighted by Gasteiger charge is 2.14. The summed E-state index contributed by atoms with van der Waals surface area (Å²) in [6.45, 7) is 2.68. The van der Waals surface area contributed by atoms with E-state index >= 15 is 0 Å². The fourth-order valence-corrected chi connectivity index (χ4v) is 2.73. The van der Waals surface area contributed by atoms with E-state index in [1.165, 1.54) is 0 Å². The molecule has 3 rings (SSSR count). The van der Waals surface area contributed by atoms with Crippen LogP contribution in [-0.2, 0) is 17.8 Å². The fraction of sp³-hybridized carbons (Fsp3) is 0.333. The van der Waals surface area contributed by atoms with E-state index in [-0.39, 0.29) is 0 Å². The summed E-state index contributed by atoms with van der Waals surface area (Å²) in [5, 5.41) is 11.2. The molecule has 0 saturated carbocycles. The molecule has 120 valence electrons. The third kappa shape index (κ3) is 4.41. The SMILES string of the molecule is COCCN(Cc1nnc(-c2cccnc2)o1)Cc1nccs1. The van der Waals surface area contributed by atoms with Gasteiger partial charge in [-0.05, 0) is 12.1 Å². The molecule has 0 aliphatic rings. The molecule has 0 N–H and O–H groups in total. The van der Waals surface area contributed by atoms with E-state index in [0.717, 1.165) is 23.7 Å². The van der Waals surface area contributed by atoms with Crippen LogP contribution in [0.2, 0.25) is 0 Å². The van der Waals surface area contributed by atoms with Crippen molar-refractivity contribution in [2.75, 3.05) is 20.3 Å². The molecule has 0 fully saturated rings. The van der Waals surface area contributed by atoms with Crippen LogP contribution in [0, 0.1) is 0 Å². The van der Waals surface area contributed by atoms with Gasteiger partial charge in [-0.2, -0.15) is 0 Å². The Bertz CT molecular complexity index is 702. The van der Waals surface area contributed by atoms with Gasteiger partial charge >= 0.3 is 0 Å². The summed E-state index contributed by atoms with van der Waals surface area (Å²) >= 11 is 1.63. The van der Waals surface area contributed by atoms with E-state index in [1.807, 2.05) is 23.7 Å². The second-order valence-electron chi connectivity index (χ2n) is 4.87. The summed E-state index contributed by atoms with van der Waals surface area (Å²) in [7, 11) is 1.69. The number of aromatic nitrogens is 4. The summed E-state index contributed by atoms with van der Waals surface area (Å²) in [4.78, 5) is 10.5. The number of thiazole rings is 1. The minimum absolute atomic E-state index is 0.481. The van der Waals surface area contributed by atoms with Gasteiger partial charge in [0.05, 0.1) is 25.3 Å². The Morgan fingerprint density at radius 2 is 2.22 bits per heavy atom. The second-order valence-corrected chi connectivity index (χ2v) is 5.85. The van der Waals surface area contributed by atoms with Crippen molar-refractivity contribution in [1.82, 2.24) is 25.1 Å². The van der Waals surface area contributed by atoms with Crippen LogP contribution >= 0.6 is 11.3 Å². The zero-order valence-electron chi connectivity index (χ0n) is 12.8. The van der Waals surface area contributed by atoms with E-state index in [9.17, 15) is 0 Å². The van der Waals surface area contributed by atoms with E-state index in [1.54, 1.807) is 30.8 Å². The number of nitrogens with zero attached hydrogens (tertiary/aromatic N) is 5. The summed E-state index contributed by atoms with van der Waals surface area (Å²) < 4.78 is 10.9. The van der Waals surface area contributed by atoms with E-state index in [4.69, 9.17) is 9.15 Å². The molecule has 0 atom stereocenters. The molecular weight excluding hydrogens is 314 g/mol. The zero-order valence-corrected chi connectivity index (χ0v) is 13.6. The van der Waals surface area contributed by atoms with Crippen LogP contribution in [0.5, 0.6) is 0 Å². The first-order valence-corrected chi connectivity index (χ1v) is 8.05. The van der Waals surface area contributed by atoms with Crippen molar-refractivity contribution in [3.05, 3.63) is 47.0 Å². The molecule has 0 radical (unpaired) electrons. The van der Waals surface area contributed by atoms with E-state index < -0.39 is 0 Å². The molecule has 0 aliphatic carbocycles. The maximum absolute atomic E-state index is 5.74. The van der Waals surface area contributed by atoms with Crippen LogP contribution in [0.1, 0.15) is 10.9 Å². The second kappa shape index (κ2) is 7.91. The van der Waals surface area contributed by atoms with Gasteiger partial charge in [0.1, 0.15) is 5.01 Å². The summed E-state index contributed by atoms with van der Waals surface area (Å²) in [5.41, 5.74) is 0.814. The quantitative estimate of drug-likeness (QED) is 0.626. The summed E-state index contributed by atoms with van der Waals surface area (Å²) in [5.74, 6) is 1.05. The molecule has 3 aromatic heterocycles. The maximum atomic E-state index is 5.74. The summed E-state index contributed by atoms with van der Waals surface area (Å²) in [6.07, 6.45) is 5.22. The Hall–Kier alpha value is -2.16. The number of methoxy groups -OCH3 is 1. The molecule has 0 amide bonds. The van der Waals surface area contributed by atoms with Gasteiger partial charge in [-0.3, -0.25) is 9.88 Å². The molecule has 8 heteroatoms. The third-order valence-corrected chi connectivity index (χ3v) is 3.95. The number of ether oxygens (including phenoxy) is 1. The largest absolute Gasteiger partial charge is 0.419 e. The topological polar surface area (TPSA) is 77.2 Å². The van der Waals surface area contributed by atoms with Crippen molar-refractivity contribution in [3.63, 3.8) is 0 Å². The van der Waals surface area contributed by atoms with E-state index in [0.29, 0.717) is 24.9 Å². The highest BCUT2D eigenvalue weighted by Crippen LogP contribution is 2.17. The predicted molar refractivity (Wildman–Crippen MR) is 85.6 cm³/mol. The average Bonchev–Trinajstić information content (AvgIpc) is 3.25. The molecule has 3 aromatic rings. The highest BCUT2D eigenvalue weighted by atomic mass is 32.1. The van der Waals surface area contributed by atoms with Crippen LogP contribution in [0.3, 0.4) is 0 Å². The molecule has 7 nitrogen and oxygen atoms in total. The van der Waals surface area contributed by atoms with Crippen LogP contribution in [0.15, 0.2) is 40.5 Å². The monoisotopic (exact) mass is 331 g/mol. The predicted octanol–water partition coefficient (Wildman–Crippen LogP) is 2.24. The van der Waals surface area contributed by atoms with Gasteiger partial charge in [-0.15, -0.1) is 21.5 Å². The first-order chi connectivity index (χ1) is 11.3. The van der Waals surface area contributed by atoms with Gasteiger partial charge in [0.25, 0.3) is 0 Å². The first-order valence-electron chi connectivity index (χ1n) is 7.17. The van der Waals surface area contributed by atoms with Crippen molar-refractivity contribution < 1.29 is 9.15 Å².